The fourth-order valence-corrected chi connectivity index (χ4v) is 4.12. The maximum Gasteiger partial charge on any atom is 0.273 e. The Bertz CT molecular complexity index is 1480. The van der Waals surface area contributed by atoms with Gasteiger partial charge in [-0.2, -0.15) is 5.10 Å². The fraction of sp³-hybridized carbons (Fsp3) is 0.0741. The minimum Gasteiger partial charge on any atom is -0.323 e. The van der Waals surface area contributed by atoms with Crippen molar-refractivity contribution in [2.45, 2.75) is 13.8 Å². The van der Waals surface area contributed by atoms with Crippen LogP contribution >= 0.6 is 0 Å². The summed E-state index contributed by atoms with van der Waals surface area (Å²) in [6.07, 6.45) is 7.31. The van der Waals surface area contributed by atoms with Gasteiger partial charge >= 0.3 is 0 Å². The number of fused-ring (bicyclic) bond motifs is 1. The molecule has 5 rings (SSSR count). The number of aromatic nitrogens is 3. The molecule has 3 aromatic heterocycles. The number of carbonyl (C=O) groups is 1. The van der Waals surface area contributed by atoms with Crippen molar-refractivity contribution >= 4 is 23.0 Å². The number of benzene rings is 2. The molecule has 0 fully saturated rings. The molecule has 5 aromatic rings. The number of pyridine rings is 1. The maximum atomic E-state index is 12.8. The van der Waals surface area contributed by atoms with Crippen LogP contribution in [-0.4, -0.2) is 26.2 Å². The Balaban J connectivity index is 1.39. The number of aryl methyl sites for hydroxylation is 1. The van der Waals surface area contributed by atoms with Crippen LogP contribution in [0.25, 0.3) is 22.3 Å². The Morgan fingerprint density at radius 2 is 1.79 bits per heavy atom. The summed E-state index contributed by atoms with van der Waals surface area (Å²) in [6.45, 7) is 4.11. The van der Waals surface area contributed by atoms with E-state index < -0.39 is 0 Å². The van der Waals surface area contributed by atoms with Crippen LogP contribution < -0.4 is 5.43 Å². The third kappa shape index (κ3) is 3.94. The number of para-hydroxylation sites is 1. The molecule has 2 aromatic carbocycles. The summed E-state index contributed by atoms with van der Waals surface area (Å²) < 4.78 is 4.09. The summed E-state index contributed by atoms with van der Waals surface area (Å²) >= 11 is 0. The fourth-order valence-electron chi connectivity index (χ4n) is 4.12. The van der Waals surface area contributed by atoms with Crippen LogP contribution in [-0.2, 0) is 0 Å². The molecule has 0 aliphatic rings. The standard InChI is InChI=1S/C27H23N5O/c1-19-16-22(20(2)32(19)23-11-12-25-21(17-23)8-7-13-28-25)18-29-30-27(33)24-9-3-4-10-26(24)31-14-5-6-15-31/h3-18H,1-2H3,(H,30,33)/b29-18-. The first-order chi connectivity index (χ1) is 16.1. The number of hydrogen-bond acceptors (Lipinski definition) is 3. The van der Waals surface area contributed by atoms with E-state index >= 15 is 0 Å². The third-order valence-electron chi connectivity index (χ3n) is 5.72. The summed E-state index contributed by atoms with van der Waals surface area (Å²) in [7, 11) is 0. The average molecular weight is 434 g/mol. The van der Waals surface area contributed by atoms with Crippen molar-refractivity contribution in [2.75, 3.05) is 0 Å². The summed E-state index contributed by atoms with van der Waals surface area (Å²) in [6, 6.07) is 23.6. The number of hydrazone groups is 1. The second kappa shape index (κ2) is 8.59. The van der Waals surface area contributed by atoms with E-state index in [1.54, 1.807) is 18.5 Å². The molecule has 1 N–H and O–H groups in total. The lowest BCUT2D eigenvalue weighted by molar-refractivity contribution is 0.0955. The molecule has 162 valence electrons. The number of nitrogens with zero attached hydrogens (tertiary/aromatic N) is 4. The Labute approximate surface area is 191 Å². The lowest BCUT2D eigenvalue weighted by Crippen LogP contribution is -2.19. The highest BCUT2D eigenvalue weighted by Crippen LogP contribution is 2.23. The van der Waals surface area contributed by atoms with E-state index in [0.717, 1.165) is 39.2 Å². The van der Waals surface area contributed by atoms with Crippen molar-refractivity contribution in [1.29, 1.82) is 0 Å². The lowest BCUT2D eigenvalue weighted by Gasteiger charge is -2.10. The van der Waals surface area contributed by atoms with Gasteiger partial charge in [0.05, 0.1) is 23.0 Å². The number of carbonyl (C=O) groups excluding carboxylic acids is 1. The van der Waals surface area contributed by atoms with Crippen molar-refractivity contribution in [3.63, 3.8) is 0 Å². The Kier molecular flexibility index (Phi) is 5.32. The predicted molar refractivity (Wildman–Crippen MR) is 131 cm³/mol. The van der Waals surface area contributed by atoms with E-state index in [1.807, 2.05) is 66.3 Å². The van der Waals surface area contributed by atoms with Gasteiger partial charge in [0.25, 0.3) is 5.91 Å². The maximum absolute atomic E-state index is 12.8. The van der Waals surface area contributed by atoms with Gasteiger partial charge in [0.15, 0.2) is 0 Å². The van der Waals surface area contributed by atoms with Crippen LogP contribution in [0.15, 0.2) is 96.5 Å². The van der Waals surface area contributed by atoms with Crippen LogP contribution in [0.4, 0.5) is 0 Å². The van der Waals surface area contributed by atoms with Gasteiger partial charge in [-0.15, -0.1) is 0 Å². The summed E-state index contributed by atoms with van der Waals surface area (Å²) in [5, 5.41) is 5.33. The number of nitrogens with one attached hydrogen (secondary N) is 1. The first kappa shape index (κ1) is 20.5. The van der Waals surface area contributed by atoms with E-state index in [-0.39, 0.29) is 5.91 Å². The first-order valence-electron chi connectivity index (χ1n) is 10.7. The van der Waals surface area contributed by atoms with Crippen LogP contribution in [0.2, 0.25) is 0 Å². The minimum atomic E-state index is -0.258. The molecule has 0 spiro atoms. The molecule has 0 aliphatic carbocycles. The van der Waals surface area contributed by atoms with Gasteiger partial charge in [-0.1, -0.05) is 18.2 Å². The van der Waals surface area contributed by atoms with Crippen LogP contribution in [0.3, 0.4) is 0 Å². The van der Waals surface area contributed by atoms with Crippen molar-refractivity contribution in [3.8, 4) is 11.4 Å². The molecule has 0 atom stereocenters. The van der Waals surface area contributed by atoms with Crippen molar-refractivity contribution in [2.24, 2.45) is 5.10 Å². The van der Waals surface area contributed by atoms with Gasteiger partial charge in [0.2, 0.25) is 0 Å². The van der Waals surface area contributed by atoms with Gasteiger partial charge in [-0.3, -0.25) is 9.78 Å². The molecule has 0 radical (unpaired) electrons. The van der Waals surface area contributed by atoms with E-state index in [0.29, 0.717) is 5.56 Å². The first-order valence-corrected chi connectivity index (χ1v) is 10.7. The zero-order valence-corrected chi connectivity index (χ0v) is 18.4. The van der Waals surface area contributed by atoms with Crippen LogP contribution in [0.1, 0.15) is 27.3 Å². The second-order valence-corrected chi connectivity index (χ2v) is 7.85. The molecule has 0 unspecified atom stereocenters. The SMILES string of the molecule is Cc1cc(/C=N\NC(=O)c2ccccc2-n2cccc2)c(C)n1-c1ccc2ncccc2c1. The van der Waals surface area contributed by atoms with Crippen molar-refractivity contribution in [1.82, 2.24) is 19.5 Å². The summed E-state index contributed by atoms with van der Waals surface area (Å²) in [4.78, 5) is 17.2. The molecular weight excluding hydrogens is 410 g/mol. The molecule has 0 saturated carbocycles. The van der Waals surface area contributed by atoms with E-state index in [1.165, 1.54) is 0 Å². The number of amides is 1. The quantitative estimate of drug-likeness (QED) is 0.306. The third-order valence-corrected chi connectivity index (χ3v) is 5.72. The van der Waals surface area contributed by atoms with Gasteiger partial charge in [0, 0.05) is 46.6 Å². The van der Waals surface area contributed by atoms with Gasteiger partial charge in [0.1, 0.15) is 0 Å². The molecule has 1 amide bonds. The smallest absolute Gasteiger partial charge is 0.273 e. The molecule has 3 heterocycles. The highest BCUT2D eigenvalue weighted by Gasteiger charge is 2.12. The summed E-state index contributed by atoms with van der Waals surface area (Å²) in [5.74, 6) is -0.258. The van der Waals surface area contributed by atoms with Crippen molar-refractivity contribution in [3.05, 3.63) is 114 Å². The zero-order chi connectivity index (χ0) is 22.8. The summed E-state index contributed by atoms with van der Waals surface area (Å²) in [5.41, 5.74) is 9.13. The molecule has 0 saturated heterocycles. The molecule has 33 heavy (non-hydrogen) atoms. The predicted octanol–water partition coefficient (Wildman–Crippen LogP) is 5.20. The van der Waals surface area contributed by atoms with Gasteiger partial charge < -0.3 is 9.13 Å². The normalized spacial score (nSPS) is 11.3. The Morgan fingerprint density at radius 1 is 0.970 bits per heavy atom. The van der Waals surface area contributed by atoms with Crippen LogP contribution in [0.5, 0.6) is 0 Å². The molecule has 0 aliphatic heterocycles. The van der Waals surface area contributed by atoms with Crippen LogP contribution in [0, 0.1) is 13.8 Å². The van der Waals surface area contributed by atoms with E-state index in [4.69, 9.17) is 0 Å². The largest absolute Gasteiger partial charge is 0.323 e. The van der Waals surface area contributed by atoms with Gasteiger partial charge in [-0.25, -0.2) is 5.43 Å². The Hall–Kier alpha value is -4.45. The monoisotopic (exact) mass is 433 g/mol. The Morgan fingerprint density at radius 3 is 2.64 bits per heavy atom. The minimum absolute atomic E-state index is 0.258. The average Bonchev–Trinajstić information content (AvgIpc) is 3.47. The molecule has 0 bridgehead atoms. The van der Waals surface area contributed by atoms with Crippen molar-refractivity contribution < 1.29 is 4.79 Å². The highest BCUT2D eigenvalue weighted by molar-refractivity contribution is 5.98. The molecule has 6 nitrogen and oxygen atoms in total. The molecule has 6 heteroatoms. The highest BCUT2D eigenvalue weighted by atomic mass is 16.2. The van der Waals surface area contributed by atoms with E-state index in [9.17, 15) is 4.79 Å². The topological polar surface area (TPSA) is 64.2 Å². The zero-order valence-electron chi connectivity index (χ0n) is 18.4. The van der Waals surface area contributed by atoms with E-state index in [2.05, 4.69) is 51.3 Å². The number of rotatable bonds is 5. The lowest BCUT2D eigenvalue weighted by atomic mass is 10.1. The number of hydrogen-bond donors (Lipinski definition) is 1. The second-order valence-electron chi connectivity index (χ2n) is 7.85. The van der Waals surface area contributed by atoms with Gasteiger partial charge in [-0.05, 0) is 68.4 Å². The molecular formula is C27H23N5O.